The van der Waals surface area contributed by atoms with Crippen molar-refractivity contribution in [2.24, 2.45) is 0 Å². The van der Waals surface area contributed by atoms with E-state index in [2.05, 4.69) is 30.9 Å². The molecule has 5 aromatic rings. The summed E-state index contributed by atoms with van der Waals surface area (Å²) in [4.78, 5) is 7.57. The molecule has 2 N–H and O–H groups in total. The van der Waals surface area contributed by atoms with E-state index in [1.54, 1.807) is 6.07 Å². The van der Waals surface area contributed by atoms with Crippen LogP contribution in [0, 0.1) is 28.9 Å². The molecule has 5 rings (SSSR count). The Morgan fingerprint density at radius 1 is 1.00 bits per heavy atom. The van der Waals surface area contributed by atoms with E-state index in [1.807, 2.05) is 6.07 Å². The second-order valence-electron chi connectivity index (χ2n) is 9.10. The molecule has 2 atom stereocenters. The summed E-state index contributed by atoms with van der Waals surface area (Å²) in [5, 5.41) is 23.7. The molecule has 3 heterocycles. The maximum Gasteiger partial charge on any atom is 0.410 e. The Bertz CT molecular complexity index is 1820. The number of hydrogen-bond donors (Lipinski definition) is 2. The Labute approximate surface area is 238 Å². The van der Waals surface area contributed by atoms with E-state index in [0.717, 1.165) is 25.4 Å². The fraction of sp³-hybridized carbons (Fsp3) is 0.148. The van der Waals surface area contributed by atoms with E-state index >= 15 is 0 Å². The number of halogens is 7. The summed E-state index contributed by atoms with van der Waals surface area (Å²) >= 11 is 6.53. The number of benzene rings is 2. The zero-order valence-corrected chi connectivity index (χ0v) is 22.0. The summed E-state index contributed by atoms with van der Waals surface area (Å²) in [6.07, 6.45) is -1.17. The van der Waals surface area contributed by atoms with Gasteiger partial charge in [-0.05, 0) is 36.8 Å². The average Bonchev–Trinajstić information content (AvgIpc) is 3.43. The monoisotopic (exact) mass is 602 g/mol. The van der Waals surface area contributed by atoms with Crippen molar-refractivity contribution >= 4 is 39.6 Å². The Balaban J connectivity index is 1.60. The summed E-state index contributed by atoms with van der Waals surface area (Å²) in [7, 11) is 0. The van der Waals surface area contributed by atoms with Gasteiger partial charge in [-0.1, -0.05) is 28.9 Å². The smallest absolute Gasteiger partial charge is 0.373 e. The Hall–Kier alpha value is -4.90. The van der Waals surface area contributed by atoms with Gasteiger partial charge < -0.3 is 10.6 Å². The fourth-order valence-electron chi connectivity index (χ4n) is 4.11. The standard InChI is InChI=1S/C27H17ClF6N8/c1-13(27(32,33)34)42-12-22(40-41-42)24(14-2-4-16(29)5-3-14)38-17-6-19-23(39-18-8-21(30)26(31)37-11-18)15(9-35)10-36-25(19)20(28)7-17/h2-8,10-13,24,38H,1H3,(H,36,39)/t13-,24+/m1/s1. The zero-order chi connectivity index (χ0) is 30.2. The summed E-state index contributed by atoms with van der Waals surface area (Å²) in [5.41, 5.74) is 1.32. The van der Waals surface area contributed by atoms with Crippen LogP contribution in [0.3, 0.4) is 0 Å². The van der Waals surface area contributed by atoms with Crippen molar-refractivity contribution < 1.29 is 26.3 Å². The molecule has 8 nitrogen and oxygen atoms in total. The maximum absolute atomic E-state index is 13.8. The van der Waals surface area contributed by atoms with Gasteiger partial charge in [0.15, 0.2) is 5.82 Å². The van der Waals surface area contributed by atoms with Crippen LogP contribution in [-0.4, -0.2) is 31.1 Å². The van der Waals surface area contributed by atoms with E-state index < -0.39 is 35.8 Å². The van der Waals surface area contributed by atoms with Crippen LogP contribution in [0.5, 0.6) is 0 Å². The Morgan fingerprint density at radius 3 is 2.40 bits per heavy atom. The second-order valence-corrected chi connectivity index (χ2v) is 9.51. The van der Waals surface area contributed by atoms with Crippen molar-refractivity contribution in [3.8, 4) is 6.07 Å². The number of rotatable bonds is 7. The SMILES string of the molecule is C[C@@H](n1cc([C@@H](Nc2cc(Cl)c3ncc(C#N)c(Nc4cnc(F)c(F)c4)c3c2)c2ccc(F)cc2)nn1)C(F)(F)F. The van der Waals surface area contributed by atoms with Crippen molar-refractivity contribution in [3.05, 3.63) is 100 Å². The van der Waals surface area contributed by atoms with Crippen LogP contribution in [0.15, 0.2) is 61.1 Å². The van der Waals surface area contributed by atoms with Crippen molar-refractivity contribution in [1.82, 2.24) is 25.0 Å². The van der Waals surface area contributed by atoms with Crippen molar-refractivity contribution in [1.29, 1.82) is 5.26 Å². The molecule has 0 fully saturated rings. The molecule has 0 radical (unpaired) electrons. The van der Waals surface area contributed by atoms with Crippen LogP contribution in [0.4, 0.5) is 43.4 Å². The van der Waals surface area contributed by atoms with E-state index in [0.29, 0.717) is 21.3 Å². The lowest BCUT2D eigenvalue weighted by Gasteiger charge is -2.20. The van der Waals surface area contributed by atoms with Gasteiger partial charge in [-0.3, -0.25) is 4.98 Å². The van der Waals surface area contributed by atoms with Gasteiger partial charge >= 0.3 is 6.18 Å². The Morgan fingerprint density at radius 2 is 1.74 bits per heavy atom. The van der Waals surface area contributed by atoms with Crippen molar-refractivity contribution in [3.63, 3.8) is 0 Å². The summed E-state index contributed by atoms with van der Waals surface area (Å²) in [6.45, 7) is 0.929. The van der Waals surface area contributed by atoms with E-state index in [-0.39, 0.29) is 33.2 Å². The first kappa shape index (κ1) is 28.6. The molecule has 0 amide bonds. The second kappa shape index (κ2) is 11.2. The molecular formula is C27H17ClF6N8. The first-order valence-corrected chi connectivity index (χ1v) is 12.4. The average molecular weight is 603 g/mol. The van der Waals surface area contributed by atoms with Gasteiger partial charge in [0.2, 0.25) is 5.95 Å². The zero-order valence-electron chi connectivity index (χ0n) is 21.3. The molecule has 0 spiro atoms. The van der Waals surface area contributed by atoms with Crippen LogP contribution >= 0.6 is 11.6 Å². The predicted molar refractivity (Wildman–Crippen MR) is 142 cm³/mol. The molecule has 0 bridgehead atoms. The molecule has 0 aliphatic carbocycles. The van der Waals surface area contributed by atoms with Crippen LogP contribution in [0.25, 0.3) is 10.9 Å². The number of pyridine rings is 2. The molecule has 214 valence electrons. The van der Waals surface area contributed by atoms with Crippen molar-refractivity contribution in [2.75, 3.05) is 10.6 Å². The molecular weight excluding hydrogens is 586 g/mol. The topological polar surface area (TPSA) is 104 Å². The molecule has 0 saturated carbocycles. The van der Waals surface area contributed by atoms with Gasteiger partial charge in [-0.25, -0.2) is 18.4 Å². The minimum atomic E-state index is -4.58. The fourth-order valence-corrected chi connectivity index (χ4v) is 4.38. The molecule has 15 heteroatoms. The predicted octanol–water partition coefficient (Wildman–Crippen LogP) is 7.23. The van der Waals surface area contributed by atoms with Gasteiger partial charge in [0.1, 0.15) is 23.6 Å². The van der Waals surface area contributed by atoms with Crippen LogP contribution in [0.1, 0.15) is 35.8 Å². The summed E-state index contributed by atoms with van der Waals surface area (Å²) in [5.74, 6) is -3.05. The number of aromatic nitrogens is 5. The number of anilines is 3. The molecule has 0 saturated heterocycles. The van der Waals surface area contributed by atoms with Crippen LogP contribution < -0.4 is 10.6 Å². The highest BCUT2D eigenvalue weighted by Crippen LogP contribution is 2.37. The number of alkyl halides is 3. The van der Waals surface area contributed by atoms with E-state index in [4.69, 9.17) is 11.6 Å². The lowest BCUT2D eigenvalue weighted by molar-refractivity contribution is -0.165. The highest BCUT2D eigenvalue weighted by molar-refractivity contribution is 6.36. The van der Waals surface area contributed by atoms with Gasteiger partial charge in [0.25, 0.3) is 0 Å². The largest absolute Gasteiger partial charge is 0.410 e. The molecule has 0 aliphatic rings. The number of hydrogen-bond acceptors (Lipinski definition) is 7. The van der Waals surface area contributed by atoms with Gasteiger partial charge in [-0.2, -0.15) is 22.8 Å². The molecule has 3 aromatic heterocycles. The van der Waals surface area contributed by atoms with Crippen LogP contribution in [0.2, 0.25) is 5.02 Å². The Kier molecular flexibility index (Phi) is 7.61. The number of fused-ring (bicyclic) bond motifs is 1. The van der Waals surface area contributed by atoms with E-state index in [9.17, 15) is 31.6 Å². The third-order valence-corrected chi connectivity index (χ3v) is 6.61. The minimum Gasteiger partial charge on any atom is -0.373 e. The molecule has 0 unspecified atom stereocenters. The lowest BCUT2D eigenvalue weighted by atomic mass is 10.0. The molecule has 42 heavy (non-hydrogen) atoms. The third-order valence-electron chi connectivity index (χ3n) is 6.32. The normalized spacial score (nSPS) is 13.0. The number of nitriles is 1. The lowest BCUT2D eigenvalue weighted by Crippen LogP contribution is -2.24. The minimum absolute atomic E-state index is 0.0342. The van der Waals surface area contributed by atoms with Crippen LogP contribution in [-0.2, 0) is 0 Å². The summed E-state index contributed by atoms with van der Waals surface area (Å²) in [6, 6.07) is 8.20. The molecule has 2 aromatic carbocycles. The maximum atomic E-state index is 13.8. The highest BCUT2D eigenvalue weighted by Gasteiger charge is 2.38. The first-order valence-electron chi connectivity index (χ1n) is 12.1. The van der Waals surface area contributed by atoms with E-state index in [1.165, 1.54) is 36.5 Å². The highest BCUT2D eigenvalue weighted by atomic mass is 35.5. The van der Waals surface area contributed by atoms with Gasteiger partial charge in [0.05, 0.1) is 45.9 Å². The van der Waals surface area contributed by atoms with Gasteiger partial charge in [0, 0.05) is 23.3 Å². The third kappa shape index (κ3) is 5.77. The summed E-state index contributed by atoms with van der Waals surface area (Å²) < 4.78 is 81.5. The molecule has 0 aliphatic heterocycles. The number of nitrogens with zero attached hydrogens (tertiary/aromatic N) is 6. The number of nitrogens with one attached hydrogen (secondary N) is 2. The van der Waals surface area contributed by atoms with Gasteiger partial charge in [-0.15, -0.1) is 5.10 Å². The first-order chi connectivity index (χ1) is 19.9. The quantitative estimate of drug-likeness (QED) is 0.150. The van der Waals surface area contributed by atoms with Crippen molar-refractivity contribution in [2.45, 2.75) is 25.2 Å².